The monoisotopic (exact) mass is 228 g/mol. The molecule has 0 aromatic carbocycles. The van der Waals surface area contributed by atoms with Crippen molar-refractivity contribution in [2.24, 2.45) is 0 Å². The Morgan fingerprint density at radius 1 is 1.38 bits per heavy atom. The van der Waals surface area contributed by atoms with E-state index >= 15 is 0 Å². The van der Waals surface area contributed by atoms with Crippen molar-refractivity contribution in [1.29, 1.82) is 0 Å². The highest BCUT2D eigenvalue weighted by Crippen LogP contribution is 2.14. The molecule has 1 rings (SSSR count). The molecule has 3 heteroatoms. The van der Waals surface area contributed by atoms with Gasteiger partial charge in [0.15, 0.2) is 0 Å². The highest BCUT2D eigenvalue weighted by molar-refractivity contribution is 4.80. The minimum atomic E-state index is 0.720. The minimum Gasteiger partial charge on any atom is -0.381 e. The molecule has 0 amide bonds. The van der Waals surface area contributed by atoms with Crippen LogP contribution in [0.15, 0.2) is 0 Å². The lowest BCUT2D eigenvalue weighted by Crippen LogP contribution is -2.45. The maximum Gasteiger partial charge on any atom is 0.0478 e. The summed E-state index contributed by atoms with van der Waals surface area (Å²) in [7, 11) is 2.22. The summed E-state index contributed by atoms with van der Waals surface area (Å²) < 4.78 is 5.46. The average molecular weight is 228 g/mol. The normalized spacial score (nSPS) is 27.2. The summed E-state index contributed by atoms with van der Waals surface area (Å²) in [5.74, 6) is 0. The molecule has 2 atom stereocenters. The second-order valence-corrected chi connectivity index (χ2v) is 4.97. The Hall–Kier alpha value is -0.120. The Bertz CT molecular complexity index is 175. The number of hydrogen-bond acceptors (Lipinski definition) is 3. The van der Waals surface area contributed by atoms with Crippen molar-refractivity contribution in [3.05, 3.63) is 0 Å². The predicted octanol–water partition coefficient (Wildman–Crippen LogP) is 1.88. The van der Waals surface area contributed by atoms with Gasteiger partial charge < -0.3 is 15.0 Å². The van der Waals surface area contributed by atoms with Crippen LogP contribution in [0.5, 0.6) is 0 Å². The lowest BCUT2D eigenvalue weighted by molar-refractivity contribution is 0.128. The smallest absolute Gasteiger partial charge is 0.0478 e. The van der Waals surface area contributed by atoms with Crippen LogP contribution in [-0.2, 0) is 4.74 Å². The maximum absolute atomic E-state index is 5.46. The summed E-state index contributed by atoms with van der Waals surface area (Å²) in [6.45, 7) is 8.61. The van der Waals surface area contributed by atoms with Gasteiger partial charge in [-0.3, -0.25) is 0 Å². The first kappa shape index (κ1) is 13.9. The molecule has 1 fully saturated rings. The van der Waals surface area contributed by atoms with E-state index in [2.05, 4.69) is 31.1 Å². The molecule has 0 aromatic heterocycles. The third-order valence-electron chi connectivity index (χ3n) is 3.46. The zero-order valence-electron chi connectivity index (χ0n) is 11.2. The zero-order valence-corrected chi connectivity index (χ0v) is 11.2. The molecule has 0 aromatic rings. The fourth-order valence-corrected chi connectivity index (χ4v) is 2.20. The van der Waals surface area contributed by atoms with Crippen molar-refractivity contribution in [3.63, 3.8) is 0 Å². The van der Waals surface area contributed by atoms with Gasteiger partial charge in [0.1, 0.15) is 0 Å². The molecule has 1 heterocycles. The molecule has 1 aliphatic heterocycles. The summed E-state index contributed by atoms with van der Waals surface area (Å²) in [6.07, 6.45) is 4.84. The Morgan fingerprint density at radius 3 is 2.88 bits per heavy atom. The number of ether oxygens (including phenoxy) is 1. The van der Waals surface area contributed by atoms with Crippen LogP contribution in [0, 0.1) is 0 Å². The van der Waals surface area contributed by atoms with Crippen molar-refractivity contribution in [3.8, 4) is 0 Å². The fraction of sp³-hybridized carbons (Fsp3) is 1.00. The van der Waals surface area contributed by atoms with E-state index < -0.39 is 0 Å². The van der Waals surface area contributed by atoms with E-state index in [9.17, 15) is 0 Å². The number of likely N-dealkylation sites (tertiary alicyclic amines) is 1. The highest BCUT2D eigenvalue weighted by Gasteiger charge is 2.21. The summed E-state index contributed by atoms with van der Waals surface area (Å²) in [5, 5.41) is 3.64. The lowest BCUT2D eigenvalue weighted by atomic mass is 9.99. The zero-order chi connectivity index (χ0) is 11.8. The Labute approximate surface area is 101 Å². The second kappa shape index (κ2) is 8.04. The van der Waals surface area contributed by atoms with E-state index in [-0.39, 0.29) is 0 Å². The van der Waals surface area contributed by atoms with Crippen LogP contribution in [0.4, 0.5) is 0 Å². The van der Waals surface area contributed by atoms with Crippen LogP contribution in [-0.4, -0.2) is 50.3 Å². The van der Waals surface area contributed by atoms with Crippen LogP contribution in [0.1, 0.15) is 39.5 Å². The van der Waals surface area contributed by atoms with Crippen LogP contribution in [0.2, 0.25) is 0 Å². The minimum absolute atomic E-state index is 0.720. The van der Waals surface area contributed by atoms with Crippen molar-refractivity contribution in [2.75, 3.05) is 33.4 Å². The maximum atomic E-state index is 5.46. The standard InChI is InChI=1S/C13H28N2O/c1-4-9-16-10-5-7-14-13-6-8-15(3)12(2)11-13/h12-14H,4-11H2,1-3H3. The fourth-order valence-electron chi connectivity index (χ4n) is 2.20. The number of hydrogen-bond donors (Lipinski definition) is 1. The first-order chi connectivity index (χ1) is 7.74. The molecule has 0 saturated carbocycles. The van der Waals surface area contributed by atoms with E-state index in [0.29, 0.717) is 0 Å². The number of nitrogens with one attached hydrogen (secondary N) is 1. The van der Waals surface area contributed by atoms with Crippen LogP contribution < -0.4 is 5.32 Å². The molecule has 3 nitrogen and oxygen atoms in total. The average Bonchev–Trinajstić information content (AvgIpc) is 2.28. The van der Waals surface area contributed by atoms with Crippen molar-refractivity contribution in [2.45, 2.75) is 51.6 Å². The molecule has 0 aliphatic carbocycles. The van der Waals surface area contributed by atoms with Crippen LogP contribution in [0.25, 0.3) is 0 Å². The third kappa shape index (κ3) is 5.28. The Morgan fingerprint density at radius 2 is 2.19 bits per heavy atom. The van der Waals surface area contributed by atoms with Gasteiger partial charge in [-0.25, -0.2) is 0 Å². The van der Waals surface area contributed by atoms with Gasteiger partial charge in [-0.1, -0.05) is 6.92 Å². The molecule has 1 saturated heterocycles. The first-order valence-electron chi connectivity index (χ1n) is 6.75. The van der Waals surface area contributed by atoms with E-state index in [0.717, 1.165) is 44.7 Å². The summed E-state index contributed by atoms with van der Waals surface area (Å²) >= 11 is 0. The highest BCUT2D eigenvalue weighted by atomic mass is 16.5. The van der Waals surface area contributed by atoms with Gasteiger partial charge in [-0.15, -0.1) is 0 Å². The largest absolute Gasteiger partial charge is 0.381 e. The molecule has 0 spiro atoms. The molecule has 2 unspecified atom stereocenters. The topological polar surface area (TPSA) is 24.5 Å². The van der Waals surface area contributed by atoms with Gasteiger partial charge in [-0.05, 0) is 52.7 Å². The summed E-state index contributed by atoms with van der Waals surface area (Å²) in [4.78, 5) is 2.45. The molecular weight excluding hydrogens is 200 g/mol. The van der Waals surface area contributed by atoms with Gasteiger partial charge in [-0.2, -0.15) is 0 Å². The van der Waals surface area contributed by atoms with Gasteiger partial charge >= 0.3 is 0 Å². The van der Waals surface area contributed by atoms with Crippen molar-refractivity contribution in [1.82, 2.24) is 10.2 Å². The second-order valence-electron chi connectivity index (χ2n) is 4.97. The van der Waals surface area contributed by atoms with Crippen molar-refractivity contribution < 1.29 is 4.74 Å². The summed E-state index contributed by atoms with van der Waals surface area (Å²) in [6, 6.07) is 1.44. The van der Waals surface area contributed by atoms with Gasteiger partial charge in [0.25, 0.3) is 0 Å². The number of piperidine rings is 1. The molecule has 1 N–H and O–H groups in total. The quantitative estimate of drug-likeness (QED) is 0.673. The number of rotatable bonds is 7. The molecule has 96 valence electrons. The number of nitrogens with zero attached hydrogens (tertiary/aromatic N) is 1. The van der Waals surface area contributed by atoms with Crippen LogP contribution in [0.3, 0.4) is 0 Å². The summed E-state index contributed by atoms with van der Waals surface area (Å²) in [5.41, 5.74) is 0. The molecule has 0 radical (unpaired) electrons. The third-order valence-corrected chi connectivity index (χ3v) is 3.46. The molecule has 16 heavy (non-hydrogen) atoms. The molecule has 1 aliphatic rings. The predicted molar refractivity (Wildman–Crippen MR) is 68.8 cm³/mol. The van der Waals surface area contributed by atoms with Gasteiger partial charge in [0, 0.05) is 25.3 Å². The molecule has 0 bridgehead atoms. The van der Waals surface area contributed by atoms with Gasteiger partial charge in [0.05, 0.1) is 0 Å². The van der Waals surface area contributed by atoms with E-state index in [4.69, 9.17) is 4.74 Å². The Kier molecular flexibility index (Phi) is 7.01. The Balaban J connectivity index is 1.97. The van der Waals surface area contributed by atoms with E-state index in [1.807, 2.05) is 0 Å². The van der Waals surface area contributed by atoms with E-state index in [1.54, 1.807) is 0 Å². The molecular formula is C13H28N2O. The SMILES string of the molecule is CCCOCCCNC1CCN(C)C(C)C1. The first-order valence-corrected chi connectivity index (χ1v) is 6.75. The lowest BCUT2D eigenvalue weighted by Gasteiger charge is -2.35. The van der Waals surface area contributed by atoms with Gasteiger partial charge in [0.2, 0.25) is 0 Å². The van der Waals surface area contributed by atoms with E-state index in [1.165, 1.54) is 19.4 Å². The van der Waals surface area contributed by atoms with Crippen molar-refractivity contribution >= 4 is 0 Å². The van der Waals surface area contributed by atoms with Crippen LogP contribution >= 0.6 is 0 Å².